The second-order valence-electron chi connectivity index (χ2n) is 5.39. The SMILES string of the molecule is CNC1Cc2ccccc2C(=O)C12CCCC2. The molecular formula is C15H19NO. The minimum absolute atomic E-state index is 0.108. The second kappa shape index (κ2) is 3.95. The first-order chi connectivity index (χ1) is 8.28. The van der Waals surface area contributed by atoms with Crippen LogP contribution >= 0.6 is 0 Å². The Hall–Kier alpha value is -1.15. The lowest BCUT2D eigenvalue weighted by molar-refractivity contribution is 0.0702. The molecule has 1 aromatic carbocycles. The molecule has 2 heteroatoms. The van der Waals surface area contributed by atoms with E-state index in [9.17, 15) is 4.79 Å². The molecule has 1 spiro atoms. The van der Waals surface area contributed by atoms with E-state index in [4.69, 9.17) is 0 Å². The lowest BCUT2D eigenvalue weighted by Gasteiger charge is -2.40. The van der Waals surface area contributed by atoms with Gasteiger partial charge in [-0.05, 0) is 31.9 Å². The maximum atomic E-state index is 12.8. The summed E-state index contributed by atoms with van der Waals surface area (Å²) in [5.74, 6) is 0.385. The molecule has 1 fully saturated rings. The number of hydrogen-bond donors (Lipinski definition) is 1. The van der Waals surface area contributed by atoms with Crippen LogP contribution in [0.1, 0.15) is 41.6 Å². The highest BCUT2D eigenvalue weighted by Gasteiger charge is 2.50. The Morgan fingerprint density at radius 3 is 2.65 bits per heavy atom. The van der Waals surface area contributed by atoms with Crippen molar-refractivity contribution in [2.45, 2.75) is 38.1 Å². The Morgan fingerprint density at radius 2 is 1.94 bits per heavy atom. The van der Waals surface area contributed by atoms with Crippen LogP contribution in [-0.2, 0) is 6.42 Å². The minimum atomic E-state index is -0.108. The van der Waals surface area contributed by atoms with Gasteiger partial charge in [0, 0.05) is 17.0 Å². The number of hydrogen-bond acceptors (Lipinski definition) is 2. The van der Waals surface area contributed by atoms with E-state index >= 15 is 0 Å². The highest BCUT2D eigenvalue weighted by molar-refractivity contribution is 6.03. The smallest absolute Gasteiger partial charge is 0.170 e. The maximum absolute atomic E-state index is 12.8. The molecule has 1 aromatic rings. The Balaban J connectivity index is 2.09. The molecule has 0 saturated heterocycles. The quantitative estimate of drug-likeness (QED) is 0.802. The van der Waals surface area contributed by atoms with Gasteiger partial charge in [0.05, 0.1) is 0 Å². The van der Waals surface area contributed by atoms with Crippen LogP contribution in [0.4, 0.5) is 0 Å². The summed E-state index contributed by atoms with van der Waals surface area (Å²) in [7, 11) is 1.99. The topological polar surface area (TPSA) is 29.1 Å². The third-order valence-electron chi connectivity index (χ3n) is 4.65. The third kappa shape index (κ3) is 1.47. The molecule has 1 saturated carbocycles. The predicted octanol–water partition coefficient (Wildman–Crippen LogP) is 2.57. The number of rotatable bonds is 1. The van der Waals surface area contributed by atoms with E-state index < -0.39 is 0 Å². The summed E-state index contributed by atoms with van der Waals surface area (Å²) in [6, 6.07) is 8.44. The molecule has 0 aromatic heterocycles. The fraction of sp³-hybridized carbons (Fsp3) is 0.533. The molecule has 2 nitrogen and oxygen atoms in total. The highest BCUT2D eigenvalue weighted by Crippen LogP contribution is 2.47. The number of benzene rings is 1. The first-order valence-corrected chi connectivity index (χ1v) is 6.58. The van der Waals surface area contributed by atoms with Gasteiger partial charge < -0.3 is 5.32 Å². The summed E-state index contributed by atoms with van der Waals surface area (Å²) < 4.78 is 0. The number of carbonyl (C=O) groups excluding carboxylic acids is 1. The number of Topliss-reactive ketones (excluding diaryl/α,β-unsaturated/α-hetero) is 1. The van der Waals surface area contributed by atoms with Crippen LogP contribution in [0.3, 0.4) is 0 Å². The molecule has 1 N–H and O–H groups in total. The predicted molar refractivity (Wildman–Crippen MR) is 68.2 cm³/mol. The standard InChI is InChI=1S/C15H19NO/c1-16-13-10-11-6-2-3-7-12(11)14(17)15(13)8-4-5-9-15/h2-3,6-7,13,16H,4-5,8-10H2,1H3. The summed E-state index contributed by atoms with van der Waals surface area (Å²) in [5.41, 5.74) is 2.08. The fourth-order valence-corrected chi connectivity index (χ4v) is 3.72. The number of carbonyl (C=O) groups is 1. The minimum Gasteiger partial charge on any atom is -0.316 e. The van der Waals surface area contributed by atoms with Crippen LogP contribution < -0.4 is 5.32 Å². The Kier molecular flexibility index (Phi) is 2.55. The lowest BCUT2D eigenvalue weighted by Crippen LogP contribution is -2.51. The van der Waals surface area contributed by atoms with E-state index in [0.29, 0.717) is 11.8 Å². The van der Waals surface area contributed by atoms with Gasteiger partial charge in [-0.15, -0.1) is 0 Å². The van der Waals surface area contributed by atoms with Crippen LogP contribution in [0.15, 0.2) is 24.3 Å². The van der Waals surface area contributed by atoms with Gasteiger partial charge in [-0.2, -0.15) is 0 Å². The summed E-state index contributed by atoms with van der Waals surface area (Å²) in [5, 5.41) is 3.39. The molecule has 17 heavy (non-hydrogen) atoms. The average Bonchev–Trinajstić information content (AvgIpc) is 2.84. The monoisotopic (exact) mass is 229 g/mol. The van der Waals surface area contributed by atoms with Gasteiger partial charge in [0.1, 0.15) is 0 Å². The van der Waals surface area contributed by atoms with E-state index in [1.165, 1.54) is 18.4 Å². The van der Waals surface area contributed by atoms with Crippen LogP contribution in [0, 0.1) is 5.41 Å². The molecule has 1 unspecified atom stereocenters. The van der Waals surface area contributed by atoms with E-state index in [1.54, 1.807) is 0 Å². The molecule has 0 aliphatic heterocycles. The third-order valence-corrected chi connectivity index (χ3v) is 4.65. The number of nitrogens with one attached hydrogen (secondary N) is 1. The highest BCUT2D eigenvalue weighted by atomic mass is 16.1. The molecule has 2 aliphatic carbocycles. The van der Waals surface area contributed by atoms with Crippen molar-refractivity contribution in [1.29, 1.82) is 0 Å². The van der Waals surface area contributed by atoms with E-state index in [1.807, 2.05) is 25.2 Å². The number of ketones is 1. The zero-order valence-electron chi connectivity index (χ0n) is 10.3. The lowest BCUT2D eigenvalue weighted by atomic mass is 9.66. The Morgan fingerprint density at radius 1 is 1.24 bits per heavy atom. The molecule has 0 heterocycles. The molecule has 0 bridgehead atoms. The summed E-state index contributed by atoms with van der Waals surface area (Å²) in [6.45, 7) is 0. The summed E-state index contributed by atoms with van der Waals surface area (Å²) in [6.07, 6.45) is 5.52. The van der Waals surface area contributed by atoms with Crippen molar-refractivity contribution >= 4 is 5.78 Å². The number of likely N-dealkylation sites (N-methyl/N-ethyl adjacent to an activating group) is 1. The molecule has 1 atom stereocenters. The first kappa shape index (κ1) is 11.0. The van der Waals surface area contributed by atoms with Gasteiger partial charge in [0.25, 0.3) is 0 Å². The van der Waals surface area contributed by atoms with Crippen molar-refractivity contribution in [3.8, 4) is 0 Å². The largest absolute Gasteiger partial charge is 0.316 e. The van der Waals surface area contributed by atoms with E-state index in [-0.39, 0.29) is 5.41 Å². The Bertz CT molecular complexity index is 446. The van der Waals surface area contributed by atoms with Gasteiger partial charge in [-0.1, -0.05) is 37.1 Å². The summed E-state index contributed by atoms with van der Waals surface area (Å²) in [4.78, 5) is 12.8. The normalized spacial score (nSPS) is 26.2. The molecule has 3 rings (SSSR count). The zero-order valence-corrected chi connectivity index (χ0v) is 10.3. The molecule has 0 radical (unpaired) electrons. The van der Waals surface area contributed by atoms with E-state index in [2.05, 4.69) is 11.4 Å². The fourth-order valence-electron chi connectivity index (χ4n) is 3.72. The van der Waals surface area contributed by atoms with Crippen molar-refractivity contribution in [3.05, 3.63) is 35.4 Å². The maximum Gasteiger partial charge on any atom is 0.170 e. The van der Waals surface area contributed by atoms with Crippen LogP contribution in [0.2, 0.25) is 0 Å². The van der Waals surface area contributed by atoms with Crippen LogP contribution in [0.25, 0.3) is 0 Å². The molecule has 0 amide bonds. The van der Waals surface area contributed by atoms with Gasteiger partial charge in [0.2, 0.25) is 0 Å². The molecule has 90 valence electrons. The van der Waals surface area contributed by atoms with Crippen molar-refractivity contribution in [2.75, 3.05) is 7.05 Å². The van der Waals surface area contributed by atoms with Gasteiger partial charge in [-0.25, -0.2) is 0 Å². The van der Waals surface area contributed by atoms with Crippen molar-refractivity contribution in [1.82, 2.24) is 5.32 Å². The zero-order chi connectivity index (χ0) is 11.9. The van der Waals surface area contributed by atoms with E-state index in [0.717, 1.165) is 24.8 Å². The summed E-state index contributed by atoms with van der Waals surface area (Å²) >= 11 is 0. The van der Waals surface area contributed by atoms with Crippen molar-refractivity contribution < 1.29 is 4.79 Å². The molecule has 2 aliphatic rings. The Labute approximate surface area is 102 Å². The van der Waals surface area contributed by atoms with Gasteiger partial charge >= 0.3 is 0 Å². The average molecular weight is 229 g/mol. The van der Waals surface area contributed by atoms with Crippen molar-refractivity contribution in [3.63, 3.8) is 0 Å². The van der Waals surface area contributed by atoms with Crippen LogP contribution in [0.5, 0.6) is 0 Å². The van der Waals surface area contributed by atoms with Crippen molar-refractivity contribution in [2.24, 2.45) is 5.41 Å². The first-order valence-electron chi connectivity index (χ1n) is 6.58. The van der Waals surface area contributed by atoms with Gasteiger partial charge in [0.15, 0.2) is 5.78 Å². The van der Waals surface area contributed by atoms with Crippen LogP contribution in [-0.4, -0.2) is 18.9 Å². The molecular weight excluding hydrogens is 210 g/mol. The second-order valence-corrected chi connectivity index (χ2v) is 5.39. The number of fused-ring (bicyclic) bond motifs is 1. The van der Waals surface area contributed by atoms with Gasteiger partial charge in [-0.3, -0.25) is 4.79 Å².